The van der Waals surface area contributed by atoms with E-state index in [1.807, 2.05) is 0 Å². The van der Waals surface area contributed by atoms with Gasteiger partial charge in [0.05, 0.1) is 9.85 Å². The van der Waals surface area contributed by atoms with Gasteiger partial charge in [0.25, 0.3) is 11.4 Å². The van der Waals surface area contributed by atoms with E-state index in [1.165, 1.54) is 0 Å². The first-order valence-electron chi connectivity index (χ1n) is 4.00. The van der Waals surface area contributed by atoms with Crippen molar-refractivity contribution in [1.82, 2.24) is 0 Å². The van der Waals surface area contributed by atoms with Crippen LogP contribution in [0.4, 0.5) is 30.8 Å². The van der Waals surface area contributed by atoms with Crippen LogP contribution in [0.3, 0.4) is 0 Å². The summed E-state index contributed by atoms with van der Waals surface area (Å²) >= 11 is 5.13. The summed E-state index contributed by atoms with van der Waals surface area (Å²) in [6.07, 6.45) is 0. The highest BCUT2D eigenvalue weighted by atomic mass is 35.5. The summed E-state index contributed by atoms with van der Waals surface area (Å²) in [6.45, 7) is 0. The predicted octanol–water partition coefficient (Wildman–Crippen LogP) is 4.81. The molecule has 0 aromatic heterocycles. The van der Waals surface area contributed by atoms with Gasteiger partial charge < -0.3 is 0 Å². The number of nitro groups is 2. The predicted molar refractivity (Wildman–Crippen MR) is 56.2 cm³/mol. The van der Waals surface area contributed by atoms with Gasteiger partial charge in [0.2, 0.25) is 0 Å². The third kappa shape index (κ3) is 3.20. The molecule has 0 aliphatic carbocycles. The molecule has 0 heterocycles. The number of benzene rings is 1. The summed E-state index contributed by atoms with van der Waals surface area (Å²) in [6, 6.07) is -1.06. The fourth-order valence-electron chi connectivity index (χ4n) is 1.06. The van der Waals surface area contributed by atoms with Crippen LogP contribution >= 0.6 is 21.8 Å². The Kier molecular flexibility index (Phi) is 2.79. The van der Waals surface area contributed by atoms with Crippen molar-refractivity contribution in [2.75, 3.05) is 0 Å². The molecule has 1 rings (SSSR count). The maximum Gasteiger partial charge on any atom is 0.310 e. The van der Waals surface area contributed by atoms with Crippen molar-refractivity contribution in [3.05, 3.63) is 37.4 Å². The average Bonchev–Trinajstić information content (AvgIpc) is 2.12. The lowest BCUT2D eigenvalue weighted by Crippen LogP contribution is -2.08. The van der Waals surface area contributed by atoms with E-state index in [0.717, 1.165) is 0 Å². The van der Waals surface area contributed by atoms with Gasteiger partial charge in [0, 0.05) is 12.1 Å². The van der Waals surface area contributed by atoms with Gasteiger partial charge in [-0.05, 0) is 0 Å². The highest BCUT2D eigenvalue weighted by Crippen LogP contribution is 3.02. The van der Waals surface area contributed by atoms with E-state index in [1.54, 1.807) is 0 Å². The molecule has 19 heavy (non-hydrogen) atoms. The van der Waals surface area contributed by atoms with E-state index in [4.69, 9.17) is 11.6 Å². The molecule has 0 aliphatic heterocycles. The van der Waals surface area contributed by atoms with Gasteiger partial charge in [-0.15, -0.1) is 0 Å². The van der Waals surface area contributed by atoms with Crippen LogP contribution in [-0.4, -0.2) is 9.85 Å². The second kappa shape index (κ2) is 3.45. The fourth-order valence-corrected chi connectivity index (χ4v) is 1.97. The molecule has 0 radical (unpaired) electrons. The molecule has 108 valence electrons. The first-order valence-corrected chi connectivity index (χ1v) is 6.33. The molecule has 13 heteroatoms. The number of hydrogen-bond acceptors (Lipinski definition) is 4. The molecular weight excluding hydrogens is 327 g/mol. The minimum Gasteiger partial charge on any atom is -0.258 e. The minimum atomic E-state index is -10.3. The van der Waals surface area contributed by atoms with Crippen molar-refractivity contribution in [3.8, 4) is 0 Å². The second-order valence-corrected chi connectivity index (χ2v) is 6.05. The number of halogens is 6. The zero-order valence-corrected chi connectivity index (χ0v) is 9.93. The molecule has 0 amide bonds. The molecule has 6 nitrogen and oxygen atoms in total. The van der Waals surface area contributed by atoms with E-state index in [2.05, 4.69) is 0 Å². The molecule has 0 N–H and O–H groups in total. The number of nitrogens with zero attached hydrogens (tertiary/aromatic N) is 2. The first kappa shape index (κ1) is 15.4. The van der Waals surface area contributed by atoms with E-state index in [-0.39, 0.29) is 0 Å². The van der Waals surface area contributed by atoms with E-state index < -0.39 is 53.5 Å². The van der Waals surface area contributed by atoms with Crippen LogP contribution < -0.4 is 0 Å². The molecule has 0 spiro atoms. The lowest BCUT2D eigenvalue weighted by atomic mass is 10.3. The lowest BCUT2D eigenvalue weighted by Gasteiger charge is -2.40. The Hall–Kier alpha value is -1.69. The summed E-state index contributed by atoms with van der Waals surface area (Å²) in [7, 11) is -10.3. The van der Waals surface area contributed by atoms with Gasteiger partial charge in [-0.1, -0.05) is 31.0 Å². The van der Waals surface area contributed by atoms with Gasteiger partial charge in [-0.3, -0.25) is 20.2 Å². The third-order valence-electron chi connectivity index (χ3n) is 1.85. The van der Waals surface area contributed by atoms with Gasteiger partial charge >= 0.3 is 10.2 Å². The van der Waals surface area contributed by atoms with Crippen LogP contribution in [-0.2, 0) is 0 Å². The van der Waals surface area contributed by atoms with Crippen LogP contribution in [0.2, 0.25) is 5.02 Å². The summed E-state index contributed by atoms with van der Waals surface area (Å²) in [5, 5.41) is 19.5. The third-order valence-corrected chi connectivity index (χ3v) is 3.36. The van der Waals surface area contributed by atoms with Gasteiger partial charge in [-0.2, -0.15) is 0 Å². The molecule has 0 saturated heterocycles. The normalized spacial score (nSPS) is 15.5. The van der Waals surface area contributed by atoms with Gasteiger partial charge in [0.15, 0.2) is 5.02 Å². The smallest absolute Gasteiger partial charge is 0.258 e. The van der Waals surface area contributed by atoms with Crippen molar-refractivity contribution >= 4 is 33.2 Å². The van der Waals surface area contributed by atoms with Crippen LogP contribution in [0.25, 0.3) is 0 Å². The lowest BCUT2D eigenvalue weighted by molar-refractivity contribution is -0.394. The van der Waals surface area contributed by atoms with Crippen LogP contribution in [0, 0.1) is 20.2 Å². The summed E-state index contributed by atoms with van der Waals surface area (Å²) in [5.74, 6) is 0. The average molecular weight is 329 g/mol. The zero-order chi connectivity index (χ0) is 15.3. The van der Waals surface area contributed by atoms with Crippen molar-refractivity contribution in [3.63, 3.8) is 0 Å². The quantitative estimate of drug-likeness (QED) is 0.452. The Morgan fingerprint density at radius 2 is 1.26 bits per heavy atom. The highest BCUT2D eigenvalue weighted by molar-refractivity contribution is 8.45. The molecule has 1 aromatic carbocycles. The second-order valence-electron chi connectivity index (χ2n) is 3.26. The maximum absolute atomic E-state index is 12.5. The molecule has 1 aromatic rings. The number of hydrogen-bond donors (Lipinski definition) is 0. The Labute approximate surface area is 105 Å². The first-order chi connectivity index (χ1) is 8.13. The Morgan fingerprint density at radius 3 is 1.47 bits per heavy atom. The van der Waals surface area contributed by atoms with Crippen molar-refractivity contribution in [2.45, 2.75) is 4.90 Å². The van der Waals surface area contributed by atoms with E-state index in [9.17, 15) is 39.7 Å². The molecular formula is C6H2ClF5N2O4S. The van der Waals surface area contributed by atoms with Crippen LogP contribution in [0.5, 0.6) is 0 Å². The monoisotopic (exact) mass is 328 g/mol. The van der Waals surface area contributed by atoms with Crippen molar-refractivity contribution < 1.29 is 29.3 Å². The van der Waals surface area contributed by atoms with Crippen LogP contribution in [0.15, 0.2) is 17.0 Å². The Bertz CT molecular complexity index is 568. The number of rotatable bonds is 3. The molecule has 0 saturated carbocycles. The largest absolute Gasteiger partial charge is 0.310 e. The molecule has 0 fully saturated rings. The van der Waals surface area contributed by atoms with Crippen molar-refractivity contribution in [1.29, 1.82) is 0 Å². The van der Waals surface area contributed by atoms with Crippen LogP contribution in [0.1, 0.15) is 0 Å². The van der Waals surface area contributed by atoms with E-state index >= 15 is 0 Å². The zero-order valence-electron chi connectivity index (χ0n) is 8.36. The Morgan fingerprint density at radius 1 is 0.947 bits per heavy atom. The maximum atomic E-state index is 12.5. The summed E-state index contributed by atoms with van der Waals surface area (Å²) in [4.78, 5) is 15.0. The standard InChI is InChI=1S/C6H2ClF5N2O4S/c7-6-4(13(15)16)1-3(2-5(6)14(17)18)19(8,9,10,11)12/h1-2H. The van der Waals surface area contributed by atoms with Crippen molar-refractivity contribution in [2.24, 2.45) is 0 Å². The van der Waals surface area contributed by atoms with Gasteiger partial charge in [-0.25, -0.2) is 0 Å². The summed E-state index contributed by atoms with van der Waals surface area (Å²) < 4.78 is 62.4. The SMILES string of the molecule is O=[N+]([O-])c1cc(S(F)(F)(F)(F)F)cc([N+](=O)[O-])c1Cl. The Balaban J connectivity index is 3.83. The molecule has 0 atom stereocenters. The molecule has 0 aliphatic rings. The topological polar surface area (TPSA) is 86.3 Å². The highest BCUT2D eigenvalue weighted by Gasteiger charge is 2.66. The number of nitro benzene ring substituents is 2. The van der Waals surface area contributed by atoms with Gasteiger partial charge in [0.1, 0.15) is 4.90 Å². The minimum absolute atomic E-state index is 0.531. The molecule has 0 unspecified atom stereocenters. The summed E-state index contributed by atoms with van der Waals surface area (Å²) in [5.41, 5.74) is -3.25. The fraction of sp³-hybridized carbons (Fsp3) is 0. The van der Waals surface area contributed by atoms with E-state index in [0.29, 0.717) is 0 Å². The molecule has 0 bridgehead atoms.